The van der Waals surface area contributed by atoms with Crippen molar-refractivity contribution < 1.29 is 5.11 Å². The van der Waals surface area contributed by atoms with Gasteiger partial charge in [0.25, 0.3) is 0 Å². The van der Waals surface area contributed by atoms with Crippen molar-refractivity contribution in [3.8, 4) is 0 Å². The van der Waals surface area contributed by atoms with Gasteiger partial charge in [-0.1, -0.05) is 44.2 Å². The highest BCUT2D eigenvalue weighted by molar-refractivity contribution is 6.05. The molecule has 1 aliphatic heterocycles. The number of hydrogen-bond donors (Lipinski definition) is 1. The minimum absolute atomic E-state index is 0.0131. The maximum Gasteiger partial charge on any atom is 0.146 e. The van der Waals surface area contributed by atoms with Crippen molar-refractivity contribution in [1.29, 1.82) is 0 Å². The molecule has 0 bridgehead atoms. The zero-order valence-electron chi connectivity index (χ0n) is 8.57. The zero-order chi connectivity index (χ0) is 10.2. The number of nitrogens with zero attached hydrogens (tertiary/aromatic N) is 1. The minimum atomic E-state index is -0.528. The molecule has 0 fully saturated rings. The molecule has 2 nitrogen and oxygen atoms in total. The van der Waals surface area contributed by atoms with Crippen LogP contribution in [0.25, 0.3) is 0 Å². The smallest absolute Gasteiger partial charge is 0.146 e. The third kappa shape index (κ3) is 1.58. The SMILES string of the molecule is CC1(C)CC(O)N=C1c1ccccc1. The lowest BCUT2D eigenvalue weighted by Crippen LogP contribution is -2.21. The number of benzene rings is 1. The average Bonchev–Trinajstić information content (AvgIpc) is 2.41. The molecule has 2 heteroatoms. The molecule has 1 aromatic rings. The summed E-state index contributed by atoms with van der Waals surface area (Å²) < 4.78 is 0. The molecule has 0 spiro atoms. The van der Waals surface area contributed by atoms with E-state index in [-0.39, 0.29) is 5.41 Å². The van der Waals surface area contributed by atoms with Gasteiger partial charge in [0.1, 0.15) is 6.23 Å². The largest absolute Gasteiger partial charge is 0.372 e. The van der Waals surface area contributed by atoms with Gasteiger partial charge < -0.3 is 5.11 Å². The van der Waals surface area contributed by atoms with Crippen molar-refractivity contribution >= 4 is 5.71 Å². The van der Waals surface area contributed by atoms with E-state index in [0.29, 0.717) is 0 Å². The van der Waals surface area contributed by atoms with Crippen LogP contribution >= 0.6 is 0 Å². The lowest BCUT2D eigenvalue weighted by Gasteiger charge is -2.20. The van der Waals surface area contributed by atoms with Crippen molar-refractivity contribution in [1.82, 2.24) is 0 Å². The van der Waals surface area contributed by atoms with E-state index >= 15 is 0 Å². The first-order valence-electron chi connectivity index (χ1n) is 4.91. The summed E-state index contributed by atoms with van der Waals surface area (Å²) in [7, 11) is 0. The van der Waals surface area contributed by atoms with Gasteiger partial charge in [-0.05, 0) is 5.56 Å². The number of aliphatic hydroxyl groups excluding tert-OH is 1. The van der Waals surface area contributed by atoms with Crippen LogP contribution in [0, 0.1) is 5.41 Å². The van der Waals surface area contributed by atoms with Gasteiger partial charge >= 0.3 is 0 Å². The molecule has 1 aliphatic rings. The molecule has 1 N–H and O–H groups in total. The maximum absolute atomic E-state index is 9.51. The Morgan fingerprint density at radius 2 is 1.93 bits per heavy atom. The molecule has 0 radical (unpaired) electrons. The molecule has 0 aliphatic carbocycles. The van der Waals surface area contributed by atoms with Crippen molar-refractivity contribution in [3.05, 3.63) is 35.9 Å². The van der Waals surface area contributed by atoms with Gasteiger partial charge in [0, 0.05) is 11.8 Å². The molecular formula is C12H15NO. The van der Waals surface area contributed by atoms with E-state index in [1.165, 1.54) is 0 Å². The van der Waals surface area contributed by atoms with E-state index in [9.17, 15) is 5.11 Å². The van der Waals surface area contributed by atoms with E-state index in [1.54, 1.807) is 0 Å². The summed E-state index contributed by atoms with van der Waals surface area (Å²) in [5, 5.41) is 9.51. The molecule has 0 saturated carbocycles. The van der Waals surface area contributed by atoms with Crippen molar-refractivity contribution in [2.75, 3.05) is 0 Å². The summed E-state index contributed by atoms with van der Waals surface area (Å²) in [5.74, 6) is 0. The Balaban J connectivity index is 2.40. The second-order valence-corrected chi connectivity index (χ2v) is 4.41. The van der Waals surface area contributed by atoms with Gasteiger partial charge in [0.05, 0.1) is 5.71 Å². The van der Waals surface area contributed by atoms with E-state index in [0.717, 1.165) is 17.7 Å². The van der Waals surface area contributed by atoms with Crippen LogP contribution in [0.15, 0.2) is 35.3 Å². The van der Waals surface area contributed by atoms with E-state index in [1.807, 2.05) is 30.3 Å². The molecule has 74 valence electrons. The first-order chi connectivity index (χ1) is 6.59. The van der Waals surface area contributed by atoms with E-state index in [2.05, 4.69) is 18.8 Å². The predicted molar refractivity (Wildman–Crippen MR) is 57.4 cm³/mol. The number of hydrogen-bond acceptors (Lipinski definition) is 2. The Morgan fingerprint density at radius 3 is 2.43 bits per heavy atom. The summed E-state index contributed by atoms with van der Waals surface area (Å²) in [6.07, 6.45) is 0.192. The van der Waals surface area contributed by atoms with Gasteiger partial charge in [-0.15, -0.1) is 0 Å². The van der Waals surface area contributed by atoms with Gasteiger partial charge in [-0.3, -0.25) is 4.99 Å². The Bertz CT molecular complexity index is 354. The maximum atomic E-state index is 9.51. The van der Waals surface area contributed by atoms with Crippen LogP contribution in [0.4, 0.5) is 0 Å². The number of rotatable bonds is 1. The molecule has 14 heavy (non-hydrogen) atoms. The van der Waals surface area contributed by atoms with Crippen LogP contribution in [-0.2, 0) is 0 Å². The van der Waals surface area contributed by atoms with Crippen LogP contribution in [0.2, 0.25) is 0 Å². The van der Waals surface area contributed by atoms with Gasteiger partial charge in [-0.2, -0.15) is 0 Å². The predicted octanol–water partition coefficient (Wildman–Crippen LogP) is 2.22. The summed E-state index contributed by atoms with van der Waals surface area (Å²) in [4.78, 5) is 4.28. The van der Waals surface area contributed by atoms with Crippen molar-refractivity contribution in [2.45, 2.75) is 26.5 Å². The minimum Gasteiger partial charge on any atom is -0.372 e. The summed E-state index contributed by atoms with van der Waals surface area (Å²) in [6.45, 7) is 4.24. The highest BCUT2D eigenvalue weighted by atomic mass is 16.3. The molecule has 0 amide bonds. The second kappa shape index (κ2) is 3.21. The quantitative estimate of drug-likeness (QED) is 0.722. The third-order valence-electron chi connectivity index (χ3n) is 2.66. The summed E-state index contributed by atoms with van der Waals surface area (Å²) in [6, 6.07) is 10.1. The second-order valence-electron chi connectivity index (χ2n) is 4.41. The summed E-state index contributed by atoms with van der Waals surface area (Å²) >= 11 is 0. The first kappa shape index (κ1) is 9.41. The lowest BCUT2D eigenvalue weighted by molar-refractivity contribution is 0.163. The Kier molecular flexibility index (Phi) is 2.16. The molecule has 1 aromatic carbocycles. The van der Waals surface area contributed by atoms with Crippen LogP contribution in [0.1, 0.15) is 25.8 Å². The third-order valence-corrected chi connectivity index (χ3v) is 2.66. The number of aliphatic hydroxyl groups is 1. The fourth-order valence-electron chi connectivity index (χ4n) is 1.98. The zero-order valence-corrected chi connectivity index (χ0v) is 8.57. The topological polar surface area (TPSA) is 32.6 Å². The van der Waals surface area contributed by atoms with E-state index < -0.39 is 6.23 Å². The molecule has 1 atom stereocenters. The Labute approximate surface area is 84.3 Å². The molecular weight excluding hydrogens is 174 g/mol. The molecule has 1 heterocycles. The monoisotopic (exact) mass is 189 g/mol. The lowest BCUT2D eigenvalue weighted by atomic mass is 9.83. The van der Waals surface area contributed by atoms with Gasteiger partial charge in [0.2, 0.25) is 0 Å². The Hall–Kier alpha value is -1.15. The number of aliphatic imine (C=N–C) groups is 1. The summed E-state index contributed by atoms with van der Waals surface area (Å²) in [5.41, 5.74) is 2.13. The molecule has 0 saturated heterocycles. The van der Waals surface area contributed by atoms with E-state index in [4.69, 9.17) is 0 Å². The average molecular weight is 189 g/mol. The fourth-order valence-corrected chi connectivity index (χ4v) is 1.98. The highest BCUT2D eigenvalue weighted by Gasteiger charge is 2.34. The van der Waals surface area contributed by atoms with Crippen molar-refractivity contribution in [3.63, 3.8) is 0 Å². The van der Waals surface area contributed by atoms with Crippen LogP contribution in [0.5, 0.6) is 0 Å². The molecule has 0 aromatic heterocycles. The standard InChI is InChI=1S/C12H15NO/c1-12(2)8-10(14)13-11(12)9-6-4-3-5-7-9/h3-7,10,14H,8H2,1-2H3. The van der Waals surface area contributed by atoms with Crippen LogP contribution in [-0.4, -0.2) is 17.0 Å². The van der Waals surface area contributed by atoms with Gasteiger partial charge in [-0.25, -0.2) is 0 Å². The van der Waals surface area contributed by atoms with Crippen LogP contribution < -0.4 is 0 Å². The first-order valence-corrected chi connectivity index (χ1v) is 4.91. The Morgan fingerprint density at radius 1 is 1.29 bits per heavy atom. The van der Waals surface area contributed by atoms with Crippen molar-refractivity contribution in [2.24, 2.45) is 10.4 Å². The van der Waals surface area contributed by atoms with Crippen LogP contribution in [0.3, 0.4) is 0 Å². The van der Waals surface area contributed by atoms with Gasteiger partial charge in [0.15, 0.2) is 0 Å². The normalized spacial score (nSPS) is 24.8. The molecule has 1 unspecified atom stereocenters. The fraction of sp³-hybridized carbons (Fsp3) is 0.417. The highest BCUT2D eigenvalue weighted by Crippen LogP contribution is 2.34. The molecule has 2 rings (SSSR count).